The first kappa shape index (κ1) is 23.1. The Kier molecular flexibility index (Phi) is 6.31. The van der Waals surface area contributed by atoms with Gasteiger partial charge in [0.1, 0.15) is 24.3 Å². The van der Waals surface area contributed by atoms with Gasteiger partial charge in [-0.3, -0.25) is 4.79 Å². The lowest BCUT2D eigenvalue weighted by Gasteiger charge is -2.19. The SMILES string of the molecule is Cc1cccc(N2C[C@H](c3nc4ccccc4n3C[C@@H](O)COc3ccc(C)cc3C)CC2=O)c1. The molecule has 35 heavy (non-hydrogen) atoms. The number of fused-ring (bicyclic) bond motifs is 1. The molecule has 2 atom stereocenters. The van der Waals surface area contributed by atoms with Crippen molar-refractivity contribution in [2.75, 3.05) is 18.1 Å². The number of carbonyl (C=O) groups excluding carboxylic acids is 1. The van der Waals surface area contributed by atoms with Gasteiger partial charge in [-0.25, -0.2) is 4.98 Å². The number of aliphatic hydroxyl groups excluding tert-OH is 1. The quantitative estimate of drug-likeness (QED) is 0.417. The highest BCUT2D eigenvalue weighted by Crippen LogP contribution is 2.33. The molecule has 1 aliphatic heterocycles. The van der Waals surface area contributed by atoms with E-state index in [0.717, 1.165) is 39.4 Å². The number of para-hydroxylation sites is 2. The molecule has 6 heteroatoms. The van der Waals surface area contributed by atoms with Crippen molar-refractivity contribution in [1.29, 1.82) is 0 Å². The predicted molar refractivity (Wildman–Crippen MR) is 138 cm³/mol. The topological polar surface area (TPSA) is 67.6 Å². The highest BCUT2D eigenvalue weighted by molar-refractivity contribution is 5.96. The maximum Gasteiger partial charge on any atom is 0.227 e. The van der Waals surface area contributed by atoms with Gasteiger partial charge >= 0.3 is 0 Å². The number of hydrogen-bond donors (Lipinski definition) is 1. The van der Waals surface area contributed by atoms with Crippen LogP contribution in [-0.2, 0) is 11.3 Å². The number of nitrogens with zero attached hydrogens (tertiary/aromatic N) is 3. The second-order valence-electron chi connectivity index (χ2n) is 9.55. The van der Waals surface area contributed by atoms with Crippen molar-refractivity contribution in [3.8, 4) is 5.75 Å². The molecule has 1 aliphatic rings. The van der Waals surface area contributed by atoms with Gasteiger partial charge in [0.15, 0.2) is 0 Å². The van der Waals surface area contributed by atoms with E-state index in [-0.39, 0.29) is 18.4 Å². The van der Waals surface area contributed by atoms with Crippen molar-refractivity contribution in [2.24, 2.45) is 0 Å². The Labute approximate surface area is 205 Å². The minimum absolute atomic E-state index is 0.0529. The Hall–Kier alpha value is -3.64. The van der Waals surface area contributed by atoms with Gasteiger partial charge in [-0.2, -0.15) is 0 Å². The molecular weight excluding hydrogens is 438 g/mol. The third kappa shape index (κ3) is 4.80. The Bertz CT molecular complexity index is 1380. The van der Waals surface area contributed by atoms with Crippen molar-refractivity contribution >= 4 is 22.6 Å². The lowest BCUT2D eigenvalue weighted by molar-refractivity contribution is -0.117. The summed E-state index contributed by atoms with van der Waals surface area (Å²) in [7, 11) is 0. The van der Waals surface area contributed by atoms with Crippen LogP contribution in [-0.4, -0.2) is 39.8 Å². The smallest absolute Gasteiger partial charge is 0.227 e. The highest BCUT2D eigenvalue weighted by Gasteiger charge is 2.35. The molecular formula is C29H31N3O3. The van der Waals surface area contributed by atoms with Crippen molar-refractivity contribution in [3.63, 3.8) is 0 Å². The minimum atomic E-state index is -0.725. The van der Waals surface area contributed by atoms with Crippen LogP contribution in [0.3, 0.4) is 0 Å². The van der Waals surface area contributed by atoms with E-state index in [0.29, 0.717) is 19.5 Å². The summed E-state index contributed by atoms with van der Waals surface area (Å²) < 4.78 is 8.00. The van der Waals surface area contributed by atoms with Gasteiger partial charge in [-0.1, -0.05) is 42.0 Å². The fourth-order valence-electron chi connectivity index (χ4n) is 4.93. The lowest BCUT2D eigenvalue weighted by Crippen LogP contribution is -2.26. The molecule has 0 bridgehead atoms. The van der Waals surface area contributed by atoms with Crippen LogP contribution < -0.4 is 9.64 Å². The third-order valence-electron chi connectivity index (χ3n) is 6.64. The molecule has 1 aromatic heterocycles. The molecule has 1 amide bonds. The lowest BCUT2D eigenvalue weighted by atomic mass is 10.1. The largest absolute Gasteiger partial charge is 0.491 e. The van der Waals surface area contributed by atoms with Crippen LogP contribution in [0.5, 0.6) is 5.75 Å². The Morgan fingerprint density at radius 1 is 1.03 bits per heavy atom. The number of benzene rings is 3. The van der Waals surface area contributed by atoms with E-state index < -0.39 is 6.10 Å². The van der Waals surface area contributed by atoms with Crippen molar-refractivity contribution < 1.29 is 14.6 Å². The van der Waals surface area contributed by atoms with Gasteiger partial charge in [-0.05, 0) is 62.2 Å². The van der Waals surface area contributed by atoms with Gasteiger partial charge in [0.25, 0.3) is 0 Å². The number of imidazole rings is 1. The van der Waals surface area contributed by atoms with E-state index in [1.54, 1.807) is 0 Å². The Balaban J connectivity index is 1.38. The average Bonchev–Trinajstić information content (AvgIpc) is 3.39. The second kappa shape index (κ2) is 9.55. The summed E-state index contributed by atoms with van der Waals surface area (Å²) >= 11 is 0. The number of rotatable bonds is 7. The average molecular weight is 470 g/mol. The summed E-state index contributed by atoms with van der Waals surface area (Å²) in [4.78, 5) is 19.7. The van der Waals surface area contributed by atoms with Gasteiger partial charge in [-0.15, -0.1) is 0 Å². The fraction of sp³-hybridized carbons (Fsp3) is 0.310. The third-order valence-corrected chi connectivity index (χ3v) is 6.64. The monoisotopic (exact) mass is 469 g/mol. The molecule has 6 nitrogen and oxygen atoms in total. The zero-order chi connectivity index (χ0) is 24.5. The first-order valence-electron chi connectivity index (χ1n) is 12.1. The summed E-state index contributed by atoms with van der Waals surface area (Å²) in [5, 5.41) is 10.9. The normalized spacial score (nSPS) is 16.7. The number of carbonyl (C=O) groups is 1. The van der Waals surface area contributed by atoms with Crippen LogP contribution in [0, 0.1) is 20.8 Å². The van der Waals surface area contributed by atoms with Gasteiger partial charge in [0.2, 0.25) is 5.91 Å². The zero-order valence-electron chi connectivity index (χ0n) is 20.4. The number of aryl methyl sites for hydroxylation is 3. The summed E-state index contributed by atoms with van der Waals surface area (Å²) in [5.74, 6) is 1.65. The molecule has 0 spiro atoms. The Morgan fingerprint density at radius 2 is 1.83 bits per heavy atom. The molecule has 1 saturated heterocycles. The molecule has 4 aromatic rings. The van der Waals surface area contributed by atoms with E-state index in [9.17, 15) is 9.90 Å². The van der Waals surface area contributed by atoms with Crippen LogP contribution in [0.4, 0.5) is 5.69 Å². The van der Waals surface area contributed by atoms with Crippen LogP contribution in [0.15, 0.2) is 66.7 Å². The van der Waals surface area contributed by atoms with E-state index in [4.69, 9.17) is 9.72 Å². The highest BCUT2D eigenvalue weighted by atomic mass is 16.5. The fourth-order valence-corrected chi connectivity index (χ4v) is 4.93. The van der Waals surface area contributed by atoms with E-state index >= 15 is 0 Å². The maximum absolute atomic E-state index is 13.0. The number of aromatic nitrogens is 2. The van der Waals surface area contributed by atoms with Gasteiger partial charge in [0.05, 0.1) is 17.6 Å². The number of aliphatic hydroxyl groups is 1. The maximum atomic E-state index is 13.0. The molecule has 0 aliphatic carbocycles. The predicted octanol–water partition coefficient (Wildman–Crippen LogP) is 4.92. The molecule has 180 valence electrons. The standard InChI is InChI=1S/C29H31N3O3/c1-19-7-6-8-23(14-19)31-16-22(15-28(31)34)29-30-25-9-4-5-10-26(25)32(29)17-24(33)18-35-27-12-11-20(2)13-21(27)3/h4-14,22,24,33H,15-18H2,1-3H3/t22-,24-/m1/s1. The first-order valence-corrected chi connectivity index (χ1v) is 12.1. The summed E-state index contributed by atoms with van der Waals surface area (Å²) in [5.41, 5.74) is 6.09. The number of hydrogen-bond acceptors (Lipinski definition) is 4. The van der Waals surface area contributed by atoms with E-state index in [2.05, 4.69) is 10.6 Å². The summed E-state index contributed by atoms with van der Waals surface area (Å²) in [6, 6.07) is 22.0. The molecule has 5 rings (SSSR count). The van der Waals surface area contributed by atoms with Crippen LogP contribution in [0.25, 0.3) is 11.0 Å². The van der Waals surface area contributed by atoms with Gasteiger partial charge < -0.3 is 19.3 Å². The van der Waals surface area contributed by atoms with Crippen molar-refractivity contribution in [2.45, 2.75) is 45.8 Å². The molecule has 2 heterocycles. The molecule has 3 aromatic carbocycles. The van der Waals surface area contributed by atoms with Crippen LogP contribution in [0.2, 0.25) is 0 Å². The van der Waals surface area contributed by atoms with Crippen LogP contribution >= 0.6 is 0 Å². The molecule has 0 unspecified atom stereocenters. The van der Waals surface area contributed by atoms with E-state index in [1.807, 2.05) is 86.3 Å². The first-order chi connectivity index (χ1) is 16.9. The second-order valence-corrected chi connectivity index (χ2v) is 9.55. The molecule has 0 radical (unpaired) electrons. The number of ether oxygens (including phenoxy) is 1. The van der Waals surface area contributed by atoms with Crippen molar-refractivity contribution in [3.05, 3.63) is 89.2 Å². The molecule has 1 N–H and O–H groups in total. The van der Waals surface area contributed by atoms with Gasteiger partial charge in [0, 0.05) is 24.6 Å². The zero-order valence-corrected chi connectivity index (χ0v) is 20.4. The number of amides is 1. The summed E-state index contributed by atoms with van der Waals surface area (Å²) in [6.45, 7) is 7.17. The van der Waals surface area contributed by atoms with Crippen molar-refractivity contribution in [1.82, 2.24) is 9.55 Å². The minimum Gasteiger partial charge on any atom is -0.491 e. The summed E-state index contributed by atoms with van der Waals surface area (Å²) in [6.07, 6.45) is -0.330. The Morgan fingerprint density at radius 3 is 2.63 bits per heavy atom. The molecule has 1 fully saturated rings. The van der Waals surface area contributed by atoms with E-state index in [1.165, 1.54) is 5.56 Å². The number of anilines is 1. The van der Waals surface area contributed by atoms with Crippen LogP contribution in [0.1, 0.15) is 34.9 Å². The molecule has 0 saturated carbocycles.